The standard InChI is InChI=1S/C11H13FO2S/c1-2-3-6-15-10-5-4-8(11(13)14)7-9(10)12/h4-5,7H,2-3,6H2,1H3,(H,13,14). The molecule has 1 aromatic carbocycles. The minimum absolute atomic E-state index is 0.00709. The van der Waals surface area contributed by atoms with E-state index in [4.69, 9.17) is 5.11 Å². The number of unbranched alkanes of at least 4 members (excludes halogenated alkanes) is 1. The number of rotatable bonds is 5. The molecule has 0 atom stereocenters. The molecule has 0 radical (unpaired) electrons. The zero-order valence-electron chi connectivity index (χ0n) is 8.50. The van der Waals surface area contributed by atoms with Crippen LogP contribution in [0.1, 0.15) is 30.1 Å². The second-order valence-corrected chi connectivity index (χ2v) is 4.29. The topological polar surface area (TPSA) is 37.3 Å². The van der Waals surface area contributed by atoms with Crippen LogP contribution in [0.3, 0.4) is 0 Å². The molecule has 0 amide bonds. The third-order valence-electron chi connectivity index (χ3n) is 1.93. The maximum atomic E-state index is 13.4. The number of carbonyl (C=O) groups is 1. The maximum Gasteiger partial charge on any atom is 0.335 e. The molecule has 0 aliphatic carbocycles. The van der Waals surface area contributed by atoms with E-state index < -0.39 is 11.8 Å². The summed E-state index contributed by atoms with van der Waals surface area (Å²) in [5.41, 5.74) is -0.00709. The van der Waals surface area contributed by atoms with Crippen LogP contribution in [0.2, 0.25) is 0 Å². The third-order valence-corrected chi connectivity index (χ3v) is 3.07. The molecule has 4 heteroatoms. The Hall–Kier alpha value is -1.03. The molecular formula is C11H13FO2S. The van der Waals surface area contributed by atoms with Gasteiger partial charge in [0.1, 0.15) is 5.82 Å². The second-order valence-electron chi connectivity index (χ2n) is 3.15. The van der Waals surface area contributed by atoms with Gasteiger partial charge in [0.05, 0.1) is 5.56 Å². The van der Waals surface area contributed by atoms with Gasteiger partial charge in [0, 0.05) is 4.90 Å². The van der Waals surface area contributed by atoms with Crippen LogP contribution in [0, 0.1) is 5.82 Å². The molecular weight excluding hydrogens is 215 g/mol. The number of carboxylic acids is 1. The first-order valence-corrected chi connectivity index (χ1v) is 5.79. The SMILES string of the molecule is CCCCSc1ccc(C(=O)O)cc1F. The first kappa shape index (κ1) is 12.0. The lowest BCUT2D eigenvalue weighted by molar-refractivity contribution is 0.0696. The third kappa shape index (κ3) is 3.55. The molecule has 0 aliphatic rings. The van der Waals surface area contributed by atoms with Crippen molar-refractivity contribution in [1.82, 2.24) is 0 Å². The highest BCUT2D eigenvalue weighted by Gasteiger charge is 2.08. The largest absolute Gasteiger partial charge is 0.478 e. The zero-order chi connectivity index (χ0) is 11.3. The Labute approximate surface area is 92.5 Å². The summed E-state index contributed by atoms with van der Waals surface area (Å²) < 4.78 is 13.4. The summed E-state index contributed by atoms with van der Waals surface area (Å²) in [7, 11) is 0. The van der Waals surface area contributed by atoms with E-state index in [0.29, 0.717) is 4.90 Å². The van der Waals surface area contributed by atoms with E-state index >= 15 is 0 Å². The molecule has 0 heterocycles. The average Bonchev–Trinajstić information content (AvgIpc) is 2.20. The highest BCUT2D eigenvalue weighted by molar-refractivity contribution is 7.99. The summed E-state index contributed by atoms with van der Waals surface area (Å²) >= 11 is 1.42. The average molecular weight is 228 g/mol. The second kappa shape index (κ2) is 5.75. The Bertz CT molecular complexity index is 352. The van der Waals surface area contributed by atoms with Crippen LogP contribution in [-0.2, 0) is 0 Å². The van der Waals surface area contributed by atoms with E-state index in [1.165, 1.54) is 23.9 Å². The molecule has 1 aromatic rings. The Balaban J connectivity index is 2.70. The van der Waals surface area contributed by atoms with Gasteiger partial charge in [0.2, 0.25) is 0 Å². The van der Waals surface area contributed by atoms with Gasteiger partial charge in [-0.25, -0.2) is 9.18 Å². The predicted octanol–water partition coefficient (Wildman–Crippen LogP) is 3.42. The lowest BCUT2D eigenvalue weighted by Crippen LogP contribution is -1.97. The molecule has 1 N–H and O–H groups in total. The number of carboxylic acid groups (broad SMARTS) is 1. The normalized spacial score (nSPS) is 10.3. The molecule has 15 heavy (non-hydrogen) atoms. The maximum absolute atomic E-state index is 13.4. The molecule has 82 valence electrons. The van der Waals surface area contributed by atoms with Crippen molar-refractivity contribution in [3.05, 3.63) is 29.6 Å². The summed E-state index contributed by atoms with van der Waals surface area (Å²) in [6.45, 7) is 2.07. The first-order valence-electron chi connectivity index (χ1n) is 4.80. The summed E-state index contributed by atoms with van der Waals surface area (Å²) in [4.78, 5) is 11.1. The molecule has 0 aliphatic heterocycles. The van der Waals surface area contributed by atoms with E-state index in [2.05, 4.69) is 6.92 Å². The Morgan fingerprint density at radius 3 is 2.80 bits per heavy atom. The van der Waals surface area contributed by atoms with Crippen molar-refractivity contribution < 1.29 is 14.3 Å². The van der Waals surface area contributed by atoms with Crippen LogP contribution < -0.4 is 0 Å². The highest BCUT2D eigenvalue weighted by Crippen LogP contribution is 2.23. The van der Waals surface area contributed by atoms with Gasteiger partial charge >= 0.3 is 5.97 Å². The van der Waals surface area contributed by atoms with E-state index in [9.17, 15) is 9.18 Å². The van der Waals surface area contributed by atoms with Crippen LogP contribution in [0.25, 0.3) is 0 Å². The van der Waals surface area contributed by atoms with Crippen LogP contribution in [0.15, 0.2) is 23.1 Å². The number of aromatic carboxylic acids is 1. The quantitative estimate of drug-likeness (QED) is 0.619. The van der Waals surface area contributed by atoms with E-state index in [-0.39, 0.29) is 5.56 Å². The fourth-order valence-corrected chi connectivity index (χ4v) is 2.09. The van der Waals surface area contributed by atoms with Crippen molar-refractivity contribution in [1.29, 1.82) is 0 Å². The molecule has 0 aromatic heterocycles. The van der Waals surface area contributed by atoms with Crippen molar-refractivity contribution in [2.45, 2.75) is 24.7 Å². The van der Waals surface area contributed by atoms with Crippen LogP contribution in [0.4, 0.5) is 4.39 Å². The Morgan fingerprint density at radius 1 is 1.53 bits per heavy atom. The predicted molar refractivity (Wildman–Crippen MR) is 59.0 cm³/mol. The van der Waals surface area contributed by atoms with E-state index in [1.54, 1.807) is 0 Å². The van der Waals surface area contributed by atoms with Crippen molar-refractivity contribution in [2.24, 2.45) is 0 Å². The highest BCUT2D eigenvalue weighted by atomic mass is 32.2. The molecule has 0 saturated heterocycles. The smallest absolute Gasteiger partial charge is 0.335 e. The monoisotopic (exact) mass is 228 g/mol. The molecule has 0 bridgehead atoms. The minimum atomic E-state index is -1.10. The van der Waals surface area contributed by atoms with E-state index in [1.807, 2.05) is 0 Å². The number of hydrogen-bond acceptors (Lipinski definition) is 2. The van der Waals surface area contributed by atoms with Gasteiger partial charge in [-0.15, -0.1) is 11.8 Å². The van der Waals surface area contributed by atoms with Gasteiger partial charge in [-0.05, 0) is 30.4 Å². The van der Waals surface area contributed by atoms with Crippen molar-refractivity contribution in [3.8, 4) is 0 Å². The lowest BCUT2D eigenvalue weighted by Gasteiger charge is -2.03. The fraction of sp³-hybridized carbons (Fsp3) is 0.364. The summed E-state index contributed by atoms with van der Waals surface area (Å²) in [5.74, 6) is -0.685. The Kier molecular flexibility index (Phi) is 4.62. The van der Waals surface area contributed by atoms with Gasteiger partial charge < -0.3 is 5.11 Å². The number of thioether (sulfide) groups is 1. The lowest BCUT2D eigenvalue weighted by atomic mass is 10.2. The van der Waals surface area contributed by atoms with E-state index in [0.717, 1.165) is 24.7 Å². The van der Waals surface area contributed by atoms with Crippen LogP contribution in [-0.4, -0.2) is 16.8 Å². The number of benzene rings is 1. The van der Waals surface area contributed by atoms with Crippen molar-refractivity contribution in [3.63, 3.8) is 0 Å². The molecule has 0 spiro atoms. The van der Waals surface area contributed by atoms with Gasteiger partial charge in [-0.2, -0.15) is 0 Å². The summed E-state index contributed by atoms with van der Waals surface area (Å²) in [6, 6.07) is 4.02. The van der Waals surface area contributed by atoms with Crippen LogP contribution >= 0.6 is 11.8 Å². The fourth-order valence-electron chi connectivity index (χ4n) is 1.08. The molecule has 0 unspecified atom stereocenters. The van der Waals surface area contributed by atoms with Crippen LogP contribution in [0.5, 0.6) is 0 Å². The van der Waals surface area contributed by atoms with Crippen molar-refractivity contribution >= 4 is 17.7 Å². The molecule has 2 nitrogen and oxygen atoms in total. The molecule has 1 rings (SSSR count). The minimum Gasteiger partial charge on any atom is -0.478 e. The van der Waals surface area contributed by atoms with Gasteiger partial charge in [-0.1, -0.05) is 13.3 Å². The zero-order valence-corrected chi connectivity index (χ0v) is 9.31. The summed E-state index contributed by atoms with van der Waals surface area (Å²) in [6.07, 6.45) is 2.10. The number of halogens is 1. The summed E-state index contributed by atoms with van der Waals surface area (Å²) in [5, 5.41) is 8.64. The van der Waals surface area contributed by atoms with Gasteiger partial charge in [-0.3, -0.25) is 0 Å². The van der Waals surface area contributed by atoms with Gasteiger partial charge in [0.25, 0.3) is 0 Å². The number of hydrogen-bond donors (Lipinski definition) is 1. The molecule has 0 saturated carbocycles. The Morgan fingerprint density at radius 2 is 2.27 bits per heavy atom. The first-order chi connectivity index (χ1) is 7.15. The molecule has 0 fully saturated rings. The van der Waals surface area contributed by atoms with Crippen molar-refractivity contribution in [2.75, 3.05) is 5.75 Å². The van der Waals surface area contributed by atoms with Gasteiger partial charge in [0.15, 0.2) is 0 Å².